The van der Waals surface area contributed by atoms with Crippen LogP contribution in [0.3, 0.4) is 0 Å². The van der Waals surface area contributed by atoms with Crippen molar-refractivity contribution in [3.63, 3.8) is 0 Å². The minimum absolute atomic E-state index is 0.119. The van der Waals surface area contributed by atoms with E-state index in [0.717, 1.165) is 31.6 Å². The summed E-state index contributed by atoms with van der Waals surface area (Å²) in [6.45, 7) is 3.84. The Kier molecular flexibility index (Phi) is 6.47. The zero-order valence-electron chi connectivity index (χ0n) is 17.0. The van der Waals surface area contributed by atoms with E-state index in [-0.39, 0.29) is 11.7 Å². The lowest BCUT2D eigenvalue weighted by atomic mass is 9.96. The Labute approximate surface area is 180 Å². The van der Waals surface area contributed by atoms with Gasteiger partial charge in [0.2, 0.25) is 5.91 Å². The molecule has 7 heteroatoms. The highest BCUT2D eigenvalue weighted by Gasteiger charge is 2.24. The quantitative estimate of drug-likeness (QED) is 0.533. The summed E-state index contributed by atoms with van der Waals surface area (Å²) in [5, 5.41) is 9.14. The van der Waals surface area contributed by atoms with Crippen molar-refractivity contribution in [1.82, 2.24) is 19.7 Å². The Balaban J connectivity index is 1.59. The molecule has 0 N–H and O–H groups in total. The zero-order valence-corrected chi connectivity index (χ0v) is 17.8. The molecule has 1 unspecified atom stereocenters. The number of halogens is 1. The number of hydrogen-bond donors (Lipinski definition) is 0. The maximum absolute atomic E-state index is 14.5. The van der Waals surface area contributed by atoms with Crippen molar-refractivity contribution < 1.29 is 9.18 Å². The van der Waals surface area contributed by atoms with Crippen molar-refractivity contribution in [1.29, 1.82) is 0 Å². The average molecular weight is 425 g/mol. The first-order chi connectivity index (χ1) is 14.7. The van der Waals surface area contributed by atoms with E-state index < -0.39 is 0 Å². The van der Waals surface area contributed by atoms with Gasteiger partial charge in [-0.1, -0.05) is 55.4 Å². The molecule has 0 spiro atoms. The summed E-state index contributed by atoms with van der Waals surface area (Å²) in [5.74, 6) is 1.08. The number of aromatic nitrogens is 3. The Morgan fingerprint density at radius 1 is 1.13 bits per heavy atom. The third-order valence-electron chi connectivity index (χ3n) is 5.54. The monoisotopic (exact) mass is 424 g/mol. The Morgan fingerprint density at radius 3 is 2.67 bits per heavy atom. The van der Waals surface area contributed by atoms with Crippen LogP contribution in [-0.2, 0) is 4.79 Å². The molecule has 1 amide bonds. The Bertz CT molecular complexity index is 1010. The van der Waals surface area contributed by atoms with Gasteiger partial charge in [-0.05, 0) is 43.0 Å². The Hall–Kier alpha value is -2.67. The van der Waals surface area contributed by atoms with Crippen molar-refractivity contribution in [3.8, 4) is 17.1 Å². The first-order valence-electron chi connectivity index (χ1n) is 10.3. The van der Waals surface area contributed by atoms with Gasteiger partial charge in [-0.2, -0.15) is 0 Å². The van der Waals surface area contributed by atoms with Crippen molar-refractivity contribution in [3.05, 3.63) is 60.4 Å². The third kappa shape index (κ3) is 4.41. The molecule has 2 heterocycles. The van der Waals surface area contributed by atoms with E-state index in [1.807, 2.05) is 39.8 Å². The lowest BCUT2D eigenvalue weighted by Gasteiger charge is -2.32. The second kappa shape index (κ2) is 9.43. The number of likely N-dealkylation sites (tertiary alicyclic amines) is 1. The minimum Gasteiger partial charge on any atom is -0.342 e. The molecule has 1 aliphatic rings. The highest BCUT2D eigenvalue weighted by atomic mass is 32.2. The van der Waals surface area contributed by atoms with Crippen molar-refractivity contribution in [2.75, 3.05) is 18.8 Å². The summed E-state index contributed by atoms with van der Waals surface area (Å²) in [6, 6.07) is 16.1. The fourth-order valence-corrected chi connectivity index (χ4v) is 4.69. The molecule has 0 aliphatic carbocycles. The van der Waals surface area contributed by atoms with Gasteiger partial charge in [0, 0.05) is 18.8 Å². The van der Waals surface area contributed by atoms with Crippen LogP contribution < -0.4 is 0 Å². The smallest absolute Gasteiger partial charge is 0.233 e. The molecule has 1 aliphatic heterocycles. The number of benzene rings is 2. The van der Waals surface area contributed by atoms with E-state index in [9.17, 15) is 9.18 Å². The topological polar surface area (TPSA) is 51.0 Å². The number of hydrogen-bond acceptors (Lipinski definition) is 4. The molecule has 3 aromatic rings. The van der Waals surface area contributed by atoms with Gasteiger partial charge < -0.3 is 4.90 Å². The van der Waals surface area contributed by atoms with Crippen LogP contribution in [0.2, 0.25) is 0 Å². The van der Waals surface area contributed by atoms with Crippen LogP contribution >= 0.6 is 11.8 Å². The van der Waals surface area contributed by atoms with Crippen LogP contribution in [0.15, 0.2) is 59.8 Å². The summed E-state index contributed by atoms with van der Waals surface area (Å²) in [6.07, 6.45) is 3.36. The zero-order chi connectivity index (χ0) is 20.9. The molecule has 5 nitrogen and oxygen atoms in total. The number of piperidine rings is 1. The van der Waals surface area contributed by atoms with E-state index in [0.29, 0.717) is 28.2 Å². The standard InChI is InChI=1S/C23H25FN4OS/c1-2-17-9-8-14-27(15-17)21(29)16-30-23-26-25-22(19-12-6-7-13-20(19)24)28(23)18-10-4-3-5-11-18/h3-7,10-13,17H,2,8-9,14-16H2,1H3. The van der Waals surface area contributed by atoms with E-state index in [1.165, 1.54) is 24.2 Å². The molecule has 1 aromatic heterocycles. The van der Waals surface area contributed by atoms with E-state index in [2.05, 4.69) is 17.1 Å². The van der Waals surface area contributed by atoms with E-state index in [4.69, 9.17) is 0 Å². The SMILES string of the molecule is CCC1CCCN(C(=O)CSc2nnc(-c3ccccc3F)n2-c2ccccc2)C1. The number of carbonyl (C=O) groups is 1. The molecule has 0 bridgehead atoms. The van der Waals surface area contributed by atoms with Gasteiger partial charge in [-0.15, -0.1) is 10.2 Å². The third-order valence-corrected chi connectivity index (χ3v) is 6.45. The summed E-state index contributed by atoms with van der Waals surface area (Å²) in [7, 11) is 0. The number of amides is 1. The van der Waals surface area contributed by atoms with Gasteiger partial charge in [0.1, 0.15) is 5.82 Å². The molecule has 0 radical (unpaired) electrons. The first-order valence-corrected chi connectivity index (χ1v) is 11.3. The second-order valence-corrected chi connectivity index (χ2v) is 8.44. The maximum atomic E-state index is 14.5. The van der Waals surface area contributed by atoms with Crippen molar-refractivity contribution >= 4 is 17.7 Å². The van der Waals surface area contributed by atoms with Crippen molar-refractivity contribution in [2.24, 2.45) is 5.92 Å². The highest BCUT2D eigenvalue weighted by molar-refractivity contribution is 7.99. The number of rotatable bonds is 6. The molecule has 4 rings (SSSR count). The predicted octanol–water partition coefficient (Wildman–Crippen LogP) is 4.81. The van der Waals surface area contributed by atoms with Gasteiger partial charge >= 0.3 is 0 Å². The number of carbonyl (C=O) groups excluding carboxylic acids is 1. The van der Waals surface area contributed by atoms with Gasteiger partial charge in [0.15, 0.2) is 11.0 Å². The second-order valence-electron chi connectivity index (χ2n) is 7.50. The molecule has 2 aromatic carbocycles. The van der Waals surface area contributed by atoms with E-state index in [1.54, 1.807) is 18.2 Å². The van der Waals surface area contributed by atoms with Gasteiger partial charge in [0.05, 0.1) is 11.3 Å². The molecule has 1 fully saturated rings. The molecule has 1 saturated heterocycles. The highest BCUT2D eigenvalue weighted by Crippen LogP contribution is 2.30. The molecule has 156 valence electrons. The van der Waals surface area contributed by atoms with E-state index >= 15 is 0 Å². The summed E-state index contributed by atoms with van der Waals surface area (Å²) in [4.78, 5) is 14.8. The molecule has 0 saturated carbocycles. The lowest BCUT2D eigenvalue weighted by Crippen LogP contribution is -2.40. The molecule has 1 atom stereocenters. The normalized spacial score (nSPS) is 16.6. The van der Waals surface area contributed by atoms with Crippen LogP contribution in [0.1, 0.15) is 26.2 Å². The van der Waals surface area contributed by atoms with Gasteiger partial charge in [0.25, 0.3) is 0 Å². The van der Waals surface area contributed by atoms with Crippen LogP contribution in [0.4, 0.5) is 4.39 Å². The van der Waals surface area contributed by atoms with Crippen LogP contribution in [0, 0.1) is 11.7 Å². The average Bonchev–Trinajstić information content (AvgIpc) is 3.22. The first kappa shape index (κ1) is 20.6. The molecule has 30 heavy (non-hydrogen) atoms. The van der Waals surface area contributed by atoms with Crippen LogP contribution in [-0.4, -0.2) is 44.4 Å². The predicted molar refractivity (Wildman–Crippen MR) is 117 cm³/mol. The fraction of sp³-hybridized carbons (Fsp3) is 0.348. The van der Waals surface area contributed by atoms with Crippen molar-refractivity contribution in [2.45, 2.75) is 31.3 Å². The fourth-order valence-electron chi connectivity index (χ4n) is 3.83. The minimum atomic E-state index is -0.353. The largest absolute Gasteiger partial charge is 0.342 e. The lowest BCUT2D eigenvalue weighted by molar-refractivity contribution is -0.130. The number of para-hydroxylation sites is 1. The molecular weight excluding hydrogens is 399 g/mol. The molecular formula is C23H25FN4OS. The maximum Gasteiger partial charge on any atom is 0.233 e. The Morgan fingerprint density at radius 2 is 1.90 bits per heavy atom. The number of thioether (sulfide) groups is 1. The summed E-state index contributed by atoms with van der Waals surface area (Å²) >= 11 is 1.35. The van der Waals surface area contributed by atoms with Crippen LogP contribution in [0.5, 0.6) is 0 Å². The summed E-state index contributed by atoms with van der Waals surface area (Å²) < 4.78 is 16.3. The number of nitrogens with zero attached hydrogens (tertiary/aromatic N) is 4. The van der Waals surface area contributed by atoms with Gasteiger partial charge in [-0.25, -0.2) is 4.39 Å². The summed E-state index contributed by atoms with van der Waals surface area (Å²) in [5.41, 5.74) is 1.22. The van der Waals surface area contributed by atoms with Crippen LogP contribution in [0.25, 0.3) is 17.1 Å². The van der Waals surface area contributed by atoms with Gasteiger partial charge in [-0.3, -0.25) is 9.36 Å².